The van der Waals surface area contributed by atoms with Crippen molar-refractivity contribution in [2.24, 2.45) is 0 Å². The summed E-state index contributed by atoms with van der Waals surface area (Å²) in [5.41, 5.74) is 1.24. The molecule has 1 aromatic rings. The van der Waals surface area contributed by atoms with Gasteiger partial charge in [-0.1, -0.05) is 34.7 Å². The first-order valence-corrected chi connectivity index (χ1v) is 5.97. The van der Waals surface area contributed by atoms with Gasteiger partial charge in [-0.2, -0.15) is 0 Å². The second-order valence-corrected chi connectivity index (χ2v) is 4.07. The van der Waals surface area contributed by atoms with E-state index in [1.165, 1.54) is 5.69 Å². The van der Waals surface area contributed by atoms with Crippen LogP contribution in [-0.4, -0.2) is 24.1 Å². The van der Waals surface area contributed by atoms with Crippen molar-refractivity contribution in [3.8, 4) is 5.75 Å². The highest BCUT2D eigenvalue weighted by Crippen LogP contribution is 2.30. The minimum atomic E-state index is 0.813. The third kappa shape index (κ3) is 1.90. The maximum absolute atomic E-state index is 5.56. The van der Waals surface area contributed by atoms with Crippen molar-refractivity contribution < 1.29 is 4.74 Å². The molecule has 13 heavy (non-hydrogen) atoms. The maximum atomic E-state index is 5.56. The van der Waals surface area contributed by atoms with Crippen molar-refractivity contribution in [3.63, 3.8) is 0 Å². The molecule has 0 atom stereocenters. The predicted molar refractivity (Wildman–Crippen MR) is 63.0 cm³/mol. The molecule has 1 aliphatic rings. The topological polar surface area (TPSA) is 12.5 Å². The van der Waals surface area contributed by atoms with E-state index in [1.807, 2.05) is 12.1 Å². The van der Waals surface area contributed by atoms with E-state index in [-0.39, 0.29) is 0 Å². The Morgan fingerprint density at radius 1 is 1.38 bits per heavy atom. The van der Waals surface area contributed by atoms with Gasteiger partial charge in [-0.25, -0.2) is 0 Å². The van der Waals surface area contributed by atoms with Crippen LogP contribution in [0.3, 0.4) is 0 Å². The quantitative estimate of drug-likeness (QED) is 0.612. The molecular weight excluding hydrogens is 277 g/mol. The van der Waals surface area contributed by atoms with Crippen molar-refractivity contribution >= 4 is 28.3 Å². The second-order valence-electron chi connectivity index (χ2n) is 2.99. The number of hydrogen-bond donors (Lipinski definition) is 0. The summed E-state index contributed by atoms with van der Waals surface area (Å²) in [5, 5.41) is 0. The van der Waals surface area contributed by atoms with Crippen LogP contribution in [0.5, 0.6) is 5.75 Å². The highest BCUT2D eigenvalue weighted by atomic mass is 127. The molecule has 0 spiro atoms. The van der Waals surface area contributed by atoms with Crippen LogP contribution in [-0.2, 0) is 0 Å². The Labute approximate surface area is 92.0 Å². The average molecular weight is 289 g/mol. The van der Waals surface area contributed by atoms with Crippen molar-refractivity contribution in [1.82, 2.24) is 0 Å². The SMILES string of the molecule is ICCN1CCOc2ccccc21. The van der Waals surface area contributed by atoms with Crippen molar-refractivity contribution in [2.45, 2.75) is 0 Å². The Bertz CT molecular complexity index is 290. The van der Waals surface area contributed by atoms with Crippen LogP contribution in [0.15, 0.2) is 24.3 Å². The number of hydrogen-bond acceptors (Lipinski definition) is 2. The fraction of sp³-hybridized carbons (Fsp3) is 0.400. The number of rotatable bonds is 2. The van der Waals surface area contributed by atoms with Crippen molar-refractivity contribution in [3.05, 3.63) is 24.3 Å². The van der Waals surface area contributed by atoms with E-state index < -0.39 is 0 Å². The Kier molecular flexibility index (Phi) is 2.93. The zero-order valence-electron chi connectivity index (χ0n) is 7.37. The molecule has 3 heteroatoms. The van der Waals surface area contributed by atoms with Gasteiger partial charge in [-0.15, -0.1) is 0 Å². The van der Waals surface area contributed by atoms with Crippen LogP contribution in [0.4, 0.5) is 5.69 Å². The molecule has 0 N–H and O–H groups in total. The first-order chi connectivity index (χ1) is 6.42. The Hall–Kier alpha value is -0.450. The first-order valence-electron chi connectivity index (χ1n) is 4.44. The lowest BCUT2D eigenvalue weighted by Crippen LogP contribution is -2.33. The summed E-state index contributed by atoms with van der Waals surface area (Å²) in [6.07, 6.45) is 0. The van der Waals surface area contributed by atoms with E-state index in [4.69, 9.17) is 4.74 Å². The predicted octanol–water partition coefficient (Wildman–Crippen LogP) is 2.32. The van der Waals surface area contributed by atoms with E-state index in [2.05, 4.69) is 39.6 Å². The molecule has 0 amide bonds. The standard InChI is InChI=1S/C10H12INO/c11-5-6-12-7-8-13-10-4-2-1-3-9(10)12/h1-4H,5-8H2. The number of para-hydroxylation sites is 2. The van der Waals surface area contributed by atoms with Crippen LogP contribution in [0.2, 0.25) is 0 Å². The van der Waals surface area contributed by atoms with Crippen LogP contribution in [0.1, 0.15) is 0 Å². The molecule has 1 heterocycles. The Morgan fingerprint density at radius 3 is 3.08 bits per heavy atom. The number of nitrogens with zero attached hydrogens (tertiary/aromatic N) is 1. The lowest BCUT2D eigenvalue weighted by Gasteiger charge is -2.30. The van der Waals surface area contributed by atoms with E-state index in [1.54, 1.807) is 0 Å². The highest BCUT2D eigenvalue weighted by Gasteiger charge is 2.15. The largest absolute Gasteiger partial charge is 0.490 e. The smallest absolute Gasteiger partial charge is 0.142 e. The van der Waals surface area contributed by atoms with Crippen molar-refractivity contribution in [2.75, 3.05) is 29.0 Å². The van der Waals surface area contributed by atoms with Gasteiger partial charge in [0.2, 0.25) is 0 Å². The summed E-state index contributed by atoms with van der Waals surface area (Å²) < 4.78 is 6.71. The monoisotopic (exact) mass is 289 g/mol. The summed E-state index contributed by atoms with van der Waals surface area (Å²) in [6, 6.07) is 8.25. The molecule has 0 saturated heterocycles. The van der Waals surface area contributed by atoms with Crippen LogP contribution < -0.4 is 9.64 Å². The molecule has 0 bridgehead atoms. The summed E-state index contributed by atoms with van der Waals surface area (Å²) in [4.78, 5) is 2.38. The van der Waals surface area contributed by atoms with Crippen LogP contribution in [0.25, 0.3) is 0 Å². The summed E-state index contributed by atoms with van der Waals surface area (Å²) in [5.74, 6) is 1.03. The highest BCUT2D eigenvalue weighted by molar-refractivity contribution is 14.1. The lowest BCUT2D eigenvalue weighted by atomic mass is 10.2. The van der Waals surface area contributed by atoms with Gasteiger partial charge in [0.25, 0.3) is 0 Å². The number of anilines is 1. The van der Waals surface area contributed by atoms with Crippen molar-refractivity contribution in [1.29, 1.82) is 0 Å². The van der Waals surface area contributed by atoms with E-state index in [0.717, 1.165) is 29.9 Å². The van der Waals surface area contributed by atoms with Gasteiger partial charge in [0.15, 0.2) is 0 Å². The normalized spacial score (nSPS) is 15.0. The molecule has 2 nitrogen and oxygen atoms in total. The number of alkyl halides is 1. The Morgan fingerprint density at radius 2 is 2.23 bits per heavy atom. The zero-order chi connectivity index (χ0) is 9.10. The molecule has 2 rings (SSSR count). The molecule has 1 aliphatic heterocycles. The third-order valence-electron chi connectivity index (χ3n) is 2.18. The minimum absolute atomic E-state index is 0.813. The molecule has 0 aliphatic carbocycles. The average Bonchev–Trinajstić information content (AvgIpc) is 2.19. The van der Waals surface area contributed by atoms with Gasteiger partial charge >= 0.3 is 0 Å². The number of benzene rings is 1. The molecule has 0 aromatic heterocycles. The minimum Gasteiger partial charge on any atom is -0.490 e. The zero-order valence-corrected chi connectivity index (χ0v) is 9.53. The number of halogens is 1. The lowest BCUT2D eigenvalue weighted by molar-refractivity contribution is 0.309. The summed E-state index contributed by atoms with van der Waals surface area (Å²) >= 11 is 2.41. The molecular formula is C10H12INO. The third-order valence-corrected chi connectivity index (χ3v) is 2.66. The van der Waals surface area contributed by atoms with Crippen LogP contribution >= 0.6 is 22.6 Å². The Balaban J connectivity index is 2.26. The number of ether oxygens (including phenoxy) is 1. The summed E-state index contributed by atoms with van der Waals surface area (Å²) in [6.45, 7) is 2.94. The van der Waals surface area contributed by atoms with Gasteiger partial charge in [-0.3, -0.25) is 0 Å². The van der Waals surface area contributed by atoms with Gasteiger partial charge < -0.3 is 9.64 Å². The molecule has 0 radical (unpaired) electrons. The van der Waals surface area contributed by atoms with E-state index >= 15 is 0 Å². The molecule has 1 aromatic carbocycles. The molecule has 0 fully saturated rings. The first kappa shape index (κ1) is 9.12. The van der Waals surface area contributed by atoms with Crippen LogP contribution in [0, 0.1) is 0 Å². The van der Waals surface area contributed by atoms with Gasteiger partial charge in [0.1, 0.15) is 12.4 Å². The molecule has 70 valence electrons. The van der Waals surface area contributed by atoms with E-state index in [9.17, 15) is 0 Å². The fourth-order valence-electron chi connectivity index (χ4n) is 1.56. The van der Waals surface area contributed by atoms with E-state index in [0.29, 0.717) is 0 Å². The number of fused-ring (bicyclic) bond motifs is 1. The van der Waals surface area contributed by atoms with Gasteiger partial charge in [0, 0.05) is 11.0 Å². The van der Waals surface area contributed by atoms with Gasteiger partial charge in [-0.05, 0) is 12.1 Å². The van der Waals surface area contributed by atoms with Gasteiger partial charge in [0.05, 0.1) is 12.2 Å². The second kappa shape index (κ2) is 4.17. The summed E-state index contributed by atoms with van der Waals surface area (Å²) in [7, 11) is 0. The fourth-order valence-corrected chi connectivity index (χ4v) is 2.14. The maximum Gasteiger partial charge on any atom is 0.142 e. The molecule has 0 saturated carbocycles. The molecule has 0 unspecified atom stereocenters.